The molecule has 4 nitrogen and oxygen atoms in total. The van der Waals surface area contributed by atoms with E-state index in [1.165, 1.54) is 0 Å². The molecule has 1 atom stereocenters. The molecule has 1 rings (SSSR count). The zero-order chi connectivity index (χ0) is 9.03. The number of hydrogen-bond acceptors (Lipinski definition) is 3. The number of carboxylic acid groups (broad SMARTS) is 1. The monoisotopic (exact) mass is 209 g/mol. The molecule has 78 valence electrons. The van der Waals surface area contributed by atoms with Crippen LogP contribution in [0.5, 0.6) is 0 Å². The van der Waals surface area contributed by atoms with Crippen LogP contribution >= 0.6 is 12.4 Å². The minimum Gasteiger partial charge on any atom is -0.481 e. The average Bonchev–Trinajstić information content (AvgIpc) is 2.06. The molecule has 5 heteroatoms. The minimum absolute atomic E-state index is 0. The molecule has 1 fully saturated rings. The quantitative estimate of drug-likeness (QED) is 0.711. The van der Waals surface area contributed by atoms with Crippen LogP contribution in [0.15, 0.2) is 0 Å². The first-order valence-electron chi connectivity index (χ1n) is 4.14. The van der Waals surface area contributed by atoms with Crippen LogP contribution in [0.3, 0.4) is 0 Å². The predicted molar refractivity (Wildman–Crippen MR) is 51.3 cm³/mol. The summed E-state index contributed by atoms with van der Waals surface area (Å²) in [5.74, 6) is -0.753. The molecule has 0 aromatic heterocycles. The highest BCUT2D eigenvalue weighted by atomic mass is 35.5. The van der Waals surface area contributed by atoms with Crippen LogP contribution in [-0.4, -0.2) is 37.9 Å². The van der Waals surface area contributed by atoms with Crippen LogP contribution in [0.25, 0.3) is 0 Å². The van der Waals surface area contributed by atoms with Crippen molar-refractivity contribution in [3.05, 3.63) is 0 Å². The van der Waals surface area contributed by atoms with E-state index in [0.29, 0.717) is 19.6 Å². The Morgan fingerprint density at radius 3 is 2.77 bits per heavy atom. The highest BCUT2D eigenvalue weighted by molar-refractivity contribution is 5.85. The molecular formula is C8H16ClNO3. The van der Waals surface area contributed by atoms with Crippen LogP contribution in [0, 0.1) is 5.41 Å². The summed E-state index contributed by atoms with van der Waals surface area (Å²) in [6.45, 7) is 1.74. The molecule has 0 aromatic carbocycles. The summed E-state index contributed by atoms with van der Waals surface area (Å²) in [5.41, 5.74) is -0.688. The number of aliphatic carboxylic acids is 1. The summed E-state index contributed by atoms with van der Waals surface area (Å²) in [6, 6.07) is 0. The number of hydrogen-bond donors (Lipinski definition) is 2. The van der Waals surface area contributed by atoms with Crippen molar-refractivity contribution in [1.82, 2.24) is 5.32 Å². The molecule has 1 aliphatic heterocycles. The second kappa shape index (κ2) is 5.42. The van der Waals surface area contributed by atoms with Gasteiger partial charge in [0, 0.05) is 13.7 Å². The number of carbonyl (C=O) groups is 1. The van der Waals surface area contributed by atoms with E-state index in [1.807, 2.05) is 0 Å². The van der Waals surface area contributed by atoms with Gasteiger partial charge in [-0.2, -0.15) is 0 Å². The van der Waals surface area contributed by atoms with Crippen molar-refractivity contribution < 1.29 is 14.6 Å². The second-order valence-corrected chi connectivity index (χ2v) is 3.30. The molecule has 0 spiro atoms. The van der Waals surface area contributed by atoms with Crippen LogP contribution in [0.1, 0.15) is 12.8 Å². The van der Waals surface area contributed by atoms with Crippen LogP contribution in [0.4, 0.5) is 0 Å². The summed E-state index contributed by atoms with van der Waals surface area (Å²) in [4.78, 5) is 10.9. The molecule has 0 amide bonds. The normalized spacial score (nSPS) is 27.8. The van der Waals surface area contributed by atoms with Crippen molar-refractivity contribution in [2.75, 3.05) is 26.8 Å². The van der Waals surface area contributed by atoms with Gasteiger partial charge in [-0.3, -0.25) is 4.79 Å². The highest BCUT2D eigenvalue weighted by Gasteiger charge is 2.39. The SMILES string of the molecule is COCC1(C(=O)O)CCCNC1.Cl. The standard InChI is InChI=1S/C8H15NO3.ClH/c1-12-6-8(7(10)11)3-2-4-9-5-8;/h9H,2-6H2,1H3,(H,10,11);1H. The second-order valence-electron chi connectivity index (χ2n) is 3.30. The molecule has 1 heterocycles. The Labute approximate surface area is 84.1 Å². The molecule has 1 unspecified atom stereocenters. The number of piperidine rings is 1. The van der Waals surface area contributed by atoms with E-state index < -0.39 is 11.4 Å². The number of rotatable bonds is 3. The first-order valence-corrected chi connectivity index (χ1v) is 4.14. The van der Waals surface area contributed by atoms with Crippen molar-refractivity contribution in [1.29, 1.82) is 0 Å². The van der Waals surface area contributed by atoms with Gasteiger partial charge in [-0.05, 0) is 19.4 Å². The van der Waals surface area contributed by atoms with Gasteiger partial charge >= 0.3 is 5.97 Å². The van der Waals surface area contributed by atoms with Gasteiger partial charge in [-0.15, -0.1) is 12.4 Å². The molecule has 0 aliphatic carbocycles. The van der Waals surface area contributed by atoms with E-state index in [1.54, 1.807) is 7.11 Å². The number of nitrogens with one attached hydrogen (secondary N) is 1. The Kier molecular flexibility index (Phi) is 5.29. The van der Waals surface area contributed by atoms with Crippen LogP contribution in [-0.2, 0) is 9.53 Å². The van der Waals surface area contributed by atoms with Gasteiger partial charge in [0.15, 0.2) is 0 Å². The number of methoxy groups -OCH3 is 1. The van der Waals surface area contributed by atoms with Gasteiger partial charge in [0.2, 0.25) is 0 Å². The smallest absolute Gasteiger partial charge is 0.313 e. The fourth-order valence-electron chi connectivity index (χ4n) is 1.61. The zero-order valence-electron chi connectivity index (χ0n) is 7.71. The maximum absolute atomic E-state index is 10.9. The molecule has 0 saturated carbocycles. The Morgan fingerprint density at radius 2 is 2.38 bits per heavy atom. The van der Waals surface area contributed by atoms with E-state index >= 15 is 0 Å². The van der Waals surface area contributed by atoms with Gasteiger partial charge < -0.3 is 15.2 Å². The topological polar surface area (TPSA) is 58.6 Å². The first kappa shape index (κ1) is 12.7. The van der Waals surface area contributed by atoms with E-state index in [4.69, 9.17) is 9.84 Å². The Morgan fingerprint density at radius 1 is 1.69 bits per heavy atom. The third-order valence-electron chi connectivity index (χ3n) is 2.35. The van der Waals surface area contributed by atoms with Crippen molar-refractivity contribution in [2.24, 2.45) is 5.41 Å². The molecule has 1 aliphatic rings. The first-order chi connectivity index (χ1) is 5.71. The van der Waals surface area contributed by atoms with Crippen LogP contribution < -0.4 is 5.32 Å². The van der Waals surface area contributed by atoms with Crippen molar-refractivity contribution >= 4 is 18.4 Å². The highest BCUT2D eigenvalue weighted by Crippen LogP contribution is 2.26. The van der Waals surface area contributed by atoms with Crippen molar-refractivity contribution in [3.63, 3.8) is 0 Å². The molecule has 13 heavy (non-hydrogen) atoms. The predicted octanol–water partition coefficient (Wildman–Crippen LogP) is 0.509. The number of carboxylic acids is 1. The lowest BCUT2D eigenvalue weighted by Gasteiger charge is -2.32. The maximum atomic E-state index is 10.9. The van der Waals surface area contributed by atoms with E-state index in [-0.39, 0.29) is 12.4 Å². The third kappa shape index (κ3) is 2.83. The molecule has 2 N–H and O–H groups in total. The summed E-state index contributed by atoms with van der Waals surface area (Å²) < 4.78 is 4.93. The molecule has 0 aromatic rings. The minimum atomic E-state index is -0.753. The summed E-state index contributed by atoms with van der Waals surface area (Å²) in [7, 11) is 1.54. The summed E-state index contributed by atoms with van der Waals surface area (Å²) >= 11 is 0. The molecule has 1 saturated heterocycles. The fraction of sp³-hybridized carbons (Fsp3) is 0.875. The lowest BCUT2D eigenvalue weighted by Crippen LogP contribution is -2.48. The van der Waals surface area contributed by atoms with Crippen LogP contribution in [0.2, 0.25) is 0 Å². The Hall–Kier alpha value is -0.320. The Balaban J connectivity index is 0.00000144. The lowest BCUT2D eigenvalue weighted by atomic mass is 9.81. The van der Waals surface area contributed by atoms with Gasteiger partial charge in [0.1, 0.15) is 5.41 Å². The van der Waals surface area contributed by atoms with Crippen molar-refractivity contribution in [2.45, 2.75) is 12.8 Å². The van der Waals surface area contributed by atoms with E-state index in [0.717, 1.165) is 13.0 Å². The van der Waals surface area contributed by atoms with E-state index in [2.05, 4.69) is 5.32 Å². The average molecular weight is 210 g/mol. The Bertz CT molecular complexity index is 163. The number of halogens is 1. The van der Waals surface area contributed by atoms with Gasteiger partial charge in [0.25, 0.3) is 0 Å². The largest absolute Gasteiger partial charge is 0.481 e. The van der Waals surface area contributed by atoms with E-state index in [9.17, 15) is 4.79 Å². The lowest BCUT2D eigenvalue weighted by molar-refractivity contribution is -0.153. The van der Waals surface area contributed by atoms with Gasteiger partial charge in [-0.1, -0.05) is 0 Å². The van der Waals surface area contributed by atoms with Gasteiger partial charge in [-0.25, -0.2) is 0 Å². The fourth-order valence-corrected chi connectivity index (χ4v) is 1.61. The maximum Gasteiger partial charge on any atom is 0.313 e. The molecule has 0 radical (unpaired) electrons. The molecule has 0 bridgehead atoms. The van der Waals surface area contributed by atoms with Crippen molar-refractivity contribution in [3.8, 4) is 0 Å². The third-order valence-corrected chi connectivity index (χ3v) is 2.35. The zero-order valence-corrected chi connectivity index (χ0v) is 8.52. The number of ether oxygens (including phenoxy) is 1. The van der Waals surface area contributed by atoms with Gasteiger partial charge in [0.05, 0.1) is 6.61 Å². The summed E-state index contributed by atoms with van der Waals surface area (Å²) in [5, 5.41) is 12.1. The molecular weight excluding hydrogens is 194 g/mol. The summed E-state index contributed by atoms with van der Waals surface area (Å²) in [6.07, 6.45) is 1.62.